The van der Waals surface area contributed by atoms with E-state index in [1.807, 2.05) is 35.9 Å². The Balaban J connectivity index is 1.46. The second-order valence-electron chi connectivity index (χ2n) is 8.35. The van der Waals surface area contributed by atoms with Crippen LogP contribution in [0.5, 0.6) is 11.5 Å². The molecule has 184 valence electrons. The summed E-state index contributed by atoms with van der Waals surface area (Å²) in [7, 11) is 1.61. The number of benzene rings is 2. The Morgan fingerprint density at radius 2 is 1.94 bits per heavy atom. The lowest BCUT2D eigenvalue weighted by Crippen LogP contribution is -2.43. The van der Waals surface area contributed by atoms with Gasteiger partial charge in [-0.15, -0.1) is 0 Å². The molecule has 1 N–H and O–H groups in total. The van der Waals surface area contributed by atoms with Gasteiger partial charge in [-0.05, 0) is 49.7 Å². The Hall–Kier alpha value is -3.52. The Kier molecular flexibility index (Phi) is 7.60. The fourth-order valence-corrected chi connectivity index (χ4v) is 4.36. The third kappa shape index (κ3) is 5.59. The summed E-state index contributed by atoms with van der Waals surface area (Å²) in [4.78, 5) is 27.9. The molecule has 0 saturated carbocycles. The second-order valence-corrected chi connectivity index (χ2v) is 8.78. The van der Waals surface area contributed by atoms with Gasteiger partial charge in [0, 0.05) is 48.9 Å². The van der Waals surface area contributed by atoms with E-state index in [-0.39, 0.29) is 11.8 Å². The smallest absolute Gasteiger partial charge is 0.272 e. The summed E-state index contributed by atoms with van der Waals surface area (Å²) < 4.78 is 12.9. The molecular formula is C26H29ClN4O4. The molecule has 3 aromatic rings. The molecule has 1 unspecified atom stereocenters. The zero-order chi connectivity index (χ0) is 24.9. The van der Waals surface area contributed by atoms with Crippen LogP contribution in [0.3, 0.4) is 0 Å². The predicted molar refractivity (Wildman–Crippen MR) is 133 cm³/mol. The Labute approximate surface area is 209 Å². The number of hydrogen-bond acceptors (Lipinski definition) is 5. The maximum atomic E-state index is 13.1. The fraction of sp³-hybridized carbons (Fsp3) is 0.346. The van der Waals surface area contributed by atoms with E-state index in [9.17, 15) is 9.59 Å². The van der Waals surface area contributed by atoms with Crippen molar-refractivity contribution in [2.24, 2.45) is 0 Å². The first kappa shape index (κ1) is 24.6. The van der Waals surface area contributed by atoms with Crippen LogP contribution >= 0.6 is 11.6 Å². The van der Waals surface area contributed by atoms with Crippen LogP contribution < -0.4 is 14.8 Å². The minimum absolute atomic E-state index is 0.149. The number of ether oxygens (including phenoxy) is 2. The first-order valence-electron chi connectivity index (χ1n) is 11.6. The Bertz CT molecular complexity index is 1210. The summed E-state index contributed by atoms with van der Waals surface area (Å²) in [6, 6.07) is 14.5. The predicted octanol–water partition coefficient (Wildman–Crippen LogP) is 3.85. The van der Waals surface area contributed by atoms with Gasteiger partial charge >= 0.3 is 0 Å². The molecule has 0 bridgehead atoms. The number of carbonyl (C=O) groups is 2. The van der Waals surface area contributed by atoms with Crippen LogP contribution in [-0.2, 0) is 30.8 Å². The molecule has 0 aliphatic carbocycles. The molecule has 1 aromatic heterocycles. The highest BCUT2D eigenvalue weighted by Crippen LogP contribution is 2.25. The van der Waals surface area contributed by atoms with Gasteiger partial charge in [0.05, 0.1) is 7.11 Å². The average molecular weight is 497 g/mol. The number of halogens is 1. The van der Waals surface area contributed by atoms with Crippen molar-refractivity contribution < 1.29 is 19.1 Å². The zero-order valence-corrected chi connectivity index (χ0v) is 20.8. The molecule has 35 heavy (non-hydrogen) atoms. The van der Waals surface area contributed by atoms with Crippen molar-refractivity contribution in [3.63, 3.8) is 0 Å². The van der Waals surface area contributed by atoms with E-state index in [1.54, 1.807) is 43.2 Å². The van der Waals surface area contributed by atoms with E-state index in [0.717, 1.165) is 22.6 Å². The molecule has 4 rings (SSSR count). The summed E-state index contributed by atoms with van der Waals surface area (Å²) in [5.74, 6) is 0.883. The summed E-state index contributed by atoms with van der Waals surface area (Å²) in [5.41, 5.74) is 3.09. The van der Waals surface area contributed by atoms with Crippen molar-refractivity contribution in [1.82, 2.24) is 20.0 Å². The van der Waals surface area contributed by atoms with Crippen LogP contribution in [0.2, 0.25) is 5.02 Å². The molecule has 1 aliphatic heterocycles. The molecule has 9 heteroatoms. The van der Waals surface area contributed by atoms with E-state index in [4.69, 9.17) is 21.1 Å². The molecule has 1 aliphatic rings. The van der Waals surface area contributed by atoms with Crippen LogP contribution in [0.25, 0.3) is 0 Å². The minimum atomic E-state index is -0.691. The molecule has 0 fully saturated rings. The van der Waals surface area contributed by atoms with Crippen molar-refractivity contribution >= 4 is 23.4 Å². The standard InChI is InChI=1S/C26H29ClN4O4/c1-4-31-23-12-13-30(26(33)17(2)35-21-7-5-6-19(27)14-21)16-22(23)24(29-31)25(32)28-15-18-8-10-20(34-3)11-9-18/h5-11,14,17H,4,12-13,15-16H2,1-3H3,(H,28,32). The number of carbonyl (C=O) groups excluding carboxylic acids is 2. The first-order chi connectivity index (χ1) is 16.9. The number of aromatic nitrogens is 2. The van der Waals surface area contributed by atoms with Crippen LogP contribution in [-0.4, -0.2) is 46.3 Å². The molecular weight excluding hydrogens is 468 g/mol. The molecule has 2 heterocycles. The summed E-state index contributed by atoms with van der Waals surface area (Å²) in [6.45, 7) is 5.57. The lowest BCUT2D eigenvalue weighted by Gasteiger charge is -2.30. The number of rotatable bonds is 8. The van der Waals surface area contributed by atoms with E-state index in [2.05, 4.69) is 10.4 Å². The topological polar surface area (TPSA) is 85.7 Å². The molecule has 0 spiro atoms. The number of hydrogen-bond donors (Lipinski definition) is 1. The highest BCUT2D eigenvalue weighted by molar-refractivity contribution is 6.30. The van der Waals surface area contributed by atoms with Crippen molar-refractivity contribution in [3.05, 3.63) is 76.1 Å². The molecule has 8 nitrogen and oxygen atoms in total. The lowest BCUT2D eigenvalue weighted by molar-refractivity contribution is -0.138. The number of aryl methyl sites for hydroxylation is 1. The quantitative estimate of drug-likeness (QED) is 0.512. The average Bonchev–Trinajstić information content (AvgIpc) is 3.25. The lowest BCUT2D eigenvalue weighted by atomic mass is 10.0. The number of nitrogens with one attached hydrogen (secondary N) is 1. The van der Waals surface area contributed by atoms with Gasteiger partial charge in [-0.25, -0.2) is 0 Å². The van der Waals surface area contributed by atoms with E-state index < -0.39 is 6.10 Å². The van der Waals surface area contributed by atoms with Gasteiger partial charge in [0.2, 0.25) is 0 Å². The molecule has 0 saturated heterocycles. The van der Waals surface area contributed by atoms with Crippen molar-refractivity contribution in [1.29, 1.82) is 0 Å². The monoisotopic (exact) mass is 496 g/mol. The normalized spacial score (nSPS) is 13.7. The van der Waals surface area contributed by atoms with E-state index in [1.165, 1.54) is 0 Å². The van der Waals surface area contributed by atoms with Gasteiger partial charge in [-0.3, -0.25) is 14.3 Å². The zero-order valence-electron chi connectivity index (χ0n) is 20.1. The van der Waals surface area contributed by atoms with Gasteiger partial charge < -0.3 is 19.7 Å². The largest absolute Gasteiger partial charge is 0.497 e. The number of methoxy groups -OCH3 is 1. The molecule has 2 amide bonds. The van der Waals surface area contributed by atoms with Crippen LogP contribution in [0.1, 0.15) is 41.2 Å². The van der Waals surface area contributed by atoms with Crippen molar-refractivity contribution in [2.75, 3.05) is 13.7 Å². The van der Waals surface area contributed by atoms with Crippen LogP contribution in [0, 0.1) is 0 Å². The van der Waals surface area contributed by atoms with Gasteiger partial charge in [0.25, 0.3) is 11.8 Å². The maximum absolute atomic E-state index is 13.1. The van der Waals surface area contributed by atoms with Crippen molar-refractivity contribution in [2.45, 2.75) is 46.0 Å². The Morgan fingerprint density at radius 3 is 2.63 bits per heavy atom. The number of nitrogens with zero attached hydrogens (tertiary/aromatic N) is 3. The van der Waals surface area contributed by atoms with Crippen LogP contribution in [0.4, 0.5) is 0 Å². The van der Waals surface area contributed by atoms with Gasteiger partial charge in [0.15, 0.2) is 11.8 Å². The number of fused-ring (bicyclic) bond motifs is 1. The van der Waals surface area contributed by atoms with Crippen molar-refractivity contribution in [3.8, 4) is 11.5 Å². The highest BCUT2D eigenvalue weighted by atomic mass is 35.5. The Morgan fingerprint density at radius 1 is 1.17 bits per heavy atom. The third-order valence-corrected chi connectivity index (χ3v) is 6.26. The molecule has 2 aromatic carbocycles. The molecule has 1 atom stereocenters. The fourth-order valence-electron chi connectivity index (χ4n) is 4.18. The number of amides is 2. The first-order valence-corrected chi connectivity index (χ1v) is 12.0. The summed E-state index contributed by atoms with van der Waals surface area (Å²) in [5, 5.41) is 8.06. The summed E-state index contributed by atoms with van der Waals surface area (Å²) in [6.07, 6.45) is -0.0685. The maximum Gasteiger partial charge on any atom is 0.272 e. The van der Waals surface area contributed by atoms with E-state index in [0.29, 0.717) is 49.1 Å². The van der Waals surface area contributed by atoms with Gasteiger partial charge in [0.1, 0.15) is 11.5 Å². The van der Waals surface area contributed by atoms with Crippen LogP contribution in [0.15, 0.2) is 48.5 Å². The highest BCUT2D eigenvalue weighted by Gasteiger charge is 2.32. The second kappa shape index (κ2) is 10.8. The van der Waals surface area contributed by atoms with Gasteiger partial charge in [-0.1, -0.05) is 29.8 Å². The van der Waals surface area contributed by atoms with E-state index >= 15 is 0 Å². The third-order valence-electron chi connectivity index (χ3n) is 6.03. The molecule has 0 radical (unpaired) electrons. The minimum Gasteiger partial charge on any atom is -0.497 e. The SMILES string of the molecule is CCn1nc(C(=O)NCc2ccc(OC)cc2)c2c1CCN(C(=O)C(C)Oc1cccc(Cl)c1)C2. The van der Waals surface area contributed by atoms with Gasteiger partial charge in [-0.2, -0.15) is 5.10 Å². The summed E-state index contributed by atoms with van der Waals surface area (Å²) >= 11 is 6.03.